The van der Waals surface area contributed by atoms with E-state index < -0.39 is 0 Å². The summed E-state index contributed by atoms with van der Waals surface area (Å²) in [6, 6.07) is 14.9. The molecule has 9 heteroatoms. The SMILES string of the molecule is COc1ccc([C@H]2CC(c3ccccc3Cl)=NN2C(=O)CN(CCN2CCOCC2)C(=O)CC(C)(C)C)cc1. The highest BCUT2D eigenvalue weighted by atomic mass is 35.5. The molecule has 0 aromatic heterocycles. The first-order valence-electron chi connectivity index (χ1n) is 13.5. The van der Waals surface area contributed by atoms with Crippen LogP contribution in [-0.2, 0) is 14.3 Å². The molecule has 0 spiro atoms. The summed E-state index contributed by atoms with van der Waals surface area (Å²) in [6.45, 7) is 10.3. The molecule has 0 saturated carbocycles. The third kappa shape index (κ3) is 7.81. The van der Waals surface area contributed by atoms with Crippen LogP contribution in [0.4, 0.5) is 0 Å². The monoisotopic (exact) mass is 554 g/mol. The Morgan fingerprint density at radius 3 is 2.44 bits per heavy atom. The number of rotatable bonds is 9. The fourth-order valence-corrected chi connectivity index (χ4v) is 5.11. The number of nitrogens with zero attached hydrogens (tertiary/aromatic N) is 4. The Hall–Kier alpha value is -2.94. The first kappa shape index (κ1) is 29.1. The highest BCUT2D eigenvalue weighted by Crippen LogP contribution is 2.35. The number of ether oxygens (including phenoxy) is 2. The van der Waals surface area contributed by atoms with Crippen molar-refractivity contribution in [3.8, 4) is 5.75 Å². The zero-order valence-corrected chi connectivity index (χ0v) is 24.1. The molecule has 1 fully saturated rings. The Bertz CT molecular complexity index is 1170. The molecule has 0 N–H and O–H groups in total. The second kappa shape index (κ2) is 12.9. The smallest absolute Gasteiger partial charge is 0.262 e. The van der Waals surface area contributed by atoms with Crippen molar-refractivity contribution >= 4 is 29.1 Å². The van der Waals surface area contributed by atoms with Gasteiger partial charge in [0.05, 0.1) is 32.1 Å². The largest absolute Gasteiger partial charge is 0.497 e. The van der Waals surface area contributed by atoms with E-state index in [1.807, 2.05) is 69.3 Å². The molecular formula is C30H39ClN4O4. The molecule has 2 amide bonds. The van der Waals surface area contributed by atoms with Gasteiger partial charge < -0.3 is 14.4 Å². The quantitative estimate of drug-likeness (QED) is 0.452. The molecule has 210 valence electrons. The molecule has 2 aliphatic rings. The van der Waals surface area contributed by atoms with Crippen molar-refractivity contribution in [2.75, 3.05) is 53.0 Å². The molecule has 0 aliphatic carbocycles. The lowest BCUT2D eigenvalue weighted by atomic mass is 9.91. The molecular weight excluding hydrogens is 516 g/mol. The Labute approximate surface area is 236 Å². The van der Waals surface area contributed by atoms with Gasteiger partial charge in [0.15, 0.2) is 0 Å². The number of hydrogen-bond acceptors (Lipinski definition) is 6. The highest BCUT2D eigenvalue weighted by molar-refractivity contribution is 6.34. The number of halogens is 1. The predicted octanol–water partition coefficient (Wildman–Crippen LogP) is 4.62. The van der Waals surface area contributed by atoms with Crippen molar-refractivity contribution in [3.63, 3.8) is 0 Å². The average molecular weight is 555 g/mol. The first-order chi connectivity index (χ1) is 18.6. The van der Waals surface area contributed by atoms with Gasteiger partial charge in [0.25, 0.3) is 5.91 Å². The molecule has 2 aromatic carbocycles. The second-order valence-electron chi connectivity index (χ2n) is 11.3. The summed E-state index contributed by atoms with van der Waals surface area (Å²) in [5.74, 6) is 0.491. The van der Waals surface area contributed by atoms with Crippen LogP contribution in [0.2, 0.25) is 5.02 Å². The van der Waals surface area contributed by atoms with Crippen molar-refractivity contribution in [1.82, 2.24) is 14.8 Å². The van der Waals surface area contributed by atoms with Crippen molar-refractivity contribution in [3.05, 3.63) is 64.7 Å². The lowest BCUT2D eigenvalue weighted by Crippen LogP contribution is -2.47. The van der Waals surface area contributed by atoms with Crippen LogP contribution in [0.3, 0.4) is 0 Å². The van der Waals surface area contributed by atoms with Gasteiger partial charge >= 0.3 is 0 Å². The van der Waals surface area contributed by atoms with Crippen LogP contribution in [-0.4, -0.2) is 85.4 Å². The zero-order valence-electron chi connectivity index (χ0n) is 23.4. The molecule has 1 saturated heterocycles. The van der Waals surface area contributed by atoms with Crippen LogP contribution in [0.15, 0.2) is 53.6 Å². The summed E-state index contributed by atoms with van der Waals surface area (Å²) in [6.07, 6.45) is 0.880. The summed E-state index contributed by atoms with van der Waals surface area (Å²) in [7, 11) is 1.62. The summed E-state index contributed by atoms with van der Waals surface area (Å²) in [4.78, 5) is 31.2. The molecule has 1 atom stereocenters. The summed E-state index contributed by atoms with van der Waals surface area (Å²) in [5.41, 5.74) is 2.30. The molecule has 0 unspecified atom stereocenters. The third-order valence-corrected chi connectivity index (χ3v) is 7.33. The van der Waals surface area contributed by atoms with E-state index in [4.69, 9.17) is 26.2 Å². The normalized spacial score (nSPS) is 18.1. The van der Waals surface area contributed by atoms with Gasteiger partial charge in [0.1, 0.15) is 12.3 Å². The molecule has 39 heavy (non-hydrogen) atoms. The van der Waals surface area contributed by atoms with Crippen molar-refractivity contribution in [2.24, 2.45) is 10.5 Å². The van der Waals surface area contributed by atoms with Crippen LogP contribution in [0.25, 0.3) is 0 Å². The molecule has 0 bridgehead atoms. The predicted molar refractivity (Wildman–Crippen MR) is 153 cm³/mol. The minimum atomic E-state index is -0.312. The van der Waals surface area contributed by atoms with Gasteiger partial charge in [-0.1, -0.05) is 62.7 Å². The van der Waals surface area contributed by atoms with Crippen LogP contribution in [0, 0.1) is 5.41 Å². The summed E-state index contributed by atoms with van der Waals surface area (Å²) >= 11 is 6.50. The minimum Gasteiger partial charge on any atom is -0.497 e. The van der Waals surface area contributed by atoms with E-state index in [1.165, 1.54) is 5.01 Å². The van der Waals surface area contributed by atoms with Gasteiger partial charge in [-0.05, 0) is 29.2 Å². The van der Waals surface area contributed by atoms with Gasteiger partial charge in [0.2, 0.25) is 5.91 Å². The second-order valence-corrected chi connectivity index (χ2v) is 11.7. The molecule has 2 aliphatic heterocycles. The highest BCUT2D eigenvalue weighted by Gasteiger charge is 2.35. The number of hydrogen-bond donors (Lipinski definition) is 0. The molecule has 0 radical (unpaired) electrons. The summed E-state index contributed by atoms with van der Waals surface area (Å²) < 4.78 is 10.8. The van der Waals surface area contributed by atoms with E-state index in [2.05, 4.69) is 4.90 Å². The van der Waals surface area contributed by atoms with Crippen LogP contribution < -0.4 is 4.74 Å². The maximum absolute atomic E-state index is 13.9. The average Bonchev–Trinajstić information content (AvgIpc) is 3.36. The van der Waals surface area contributed by atoms with E-state index >= 15 is 0 Å². The fraction of sp³-hybridized carbons (Fsp3) is 0.500. The van der Waals surface area contributed by atoms with E-state index in [9.17, 15) is 9.59 Å². The fourth-order valence-electron chi connectivity index (χ4n) is 4.86. The van der Waals surface area contributed by atoms with Gasteiger partial charge in [-0.15, -0.1) is 0 Å². The Morgan fingerprint density at radius 2 is 1.79 bits per heavy atom. The Balaban J connectivity index is 1.58. The number of methoxy groups -OCH3 is 1. The van der Waals surface area contributed by atoms with Crippen LogP contribution >= 0.6 is 11.6 Å². The van der Waals surface area contributed by atoms with Crippen molar-refractivity contribution in [1.29, 1.82) is 0 Å². The number of benzene rings is 2. The van der Waals surface area contributed by atoms with Gasteiger partial charge in [-0.3, -0.25) is 14.5 Å². The zero-order chi connectivity index (χ0) is 28.0. The van der Waals surface area contributed by atoms with Gasteiger partial charge in [-0.2, -0.15) is 5.10 Å². The Morgan fingerprint density at radius 1 is 1.10 bits per heavy atom. The maximum atomic E-state index is 13.9. The van der Waals surface area contributed by atoms with Crippen LogP contribution in [0.1, 0.15) is 50.8 Å². The van der Waals surface area contributed by atoms with Crippen molar-refractivity contribution in [2.45, 2.75) is 39.7 Å². The topological polar surface area (TPSA) is 74.7 Å². The number of hydrazone groups is 1. The molecule has 2 heterocycles. The minimum absolute atomic E-state index is 0.0281. The van der Waals surface area contributed by atoms with E-state index in [1.54, 1.807) is 12.0 Å². The lowest BCUT2D eigenvalue weighted by molar-refractivity contribution is -0.142. The number of morpholine rings is 1. The molecule has 2 aromatic rings. The van der Waals surface area contributed by atoms with E-state index in [-0.39, 0.29) is 29.8 Å². The lowest BCUT2D eigenvalue weighted by Gasteiger charge is -2.32. The van der Waals surface area contributed by atoms with Crippen LogP contribution in [0.5, 0.6) is 5.75 Å². The Kier molecular flexibility index (Phi) is 9.64. The van der Waals surface area contributed by atoms with Crippen molar-refractivity contribution < 1.29 is 19.1 Å². The number of amides is 2. The standard InChI is InChI=1S/C30H39ClN4O4/c1-30(2,3)20-28(36)34(14-13-33-15-17-39-18-16-33)21-29(37)35-27(22-9-11-23(38-4)12-10-22)19-26(32-35)24-7-5-6-8-25(24)31/h5-12,27H,13-21H2,1-4H3/t27-/m1/s1. The molecule has 8 nitrogen and oxygen atoms in total. The summed E-state index contributed by atoms with van der Waals surface area (Å²) in [5, 5.41) is 6.90. The van der Waals surface area contributed by atoms with Gasteiger partial charge in [-0.25, -0.2) is 5.01 Å². The third-order valence-electron chi connectivity index (χ3n) is 7.00. The number of carbonyl (C=O) groups excluding carboxylic acids is 2. The first-order valence-corrected chi connectivity index (χ1v) is 13.9. The van der Waals surface area contributed by atoms with Gasteiger partial charge in [0, 0.05) is 49.6 Å². The van der Waals surface area contributed by atoms with E-state index in [0.29, 0.717) is 44.2 Å². The maximum Gasteiger partial charge on any atom is 0.262 e. The number of carbonyl (C=O) groups is 2. The van der Waals surface area contributed by atoms with E-state index in [0.717, 1.165) is 35.7 Å². The molecule has 4 rings (SSSR count).